The van der Waals surface area contributed by atoms with Crippen molar-refractivity contribution in [2.75, 3.05) is 6.54 Å². The standard InChI is InChI=1S/C16H24N2O2/c1-11-8-9-17-12(2)16(11)18-15(20)10-14(19)13-6-4-3-5-7-13/h3-7,11-12,14,16-17,19H,8-10H2,1-2H3,(H,18,20)/t11-,12-,14+,16+/m1/s1. The van der Waals surface area contributed by atoms with Gasteiger partial charge in [0.1, 0.15) is 0 Å². The predicted molar refractivity (Wildman–Crippen MR) is 79.2 cm³/mol. The lowest BCUT2D eigenvalue weighted by Gasteiger charge is -2.36. The molecule has 0 bridgehead atoms. The summed E-state index contributed by atoms with van der Waals surface area (Å²) in [5, 5.41) is 16.5. The van der Waals surface area contributed by atoms with Crippen LogP contribution in [0.2, 0.25) is 0 Å². The maximum absolute atomic E-state index is 12.1. The van der Waals surface area contributed by atoms with Gasteiger partial charge in [0.15, 0.2) is 0 Å². The summed E-state index contributed by atoms with van der Waals surface area (Å²) in [5.41, 5.74) is 0.783. The molecule has 1 aliphatic rings. The first kappa shape index (κ1) is 15.0. The Morgan fingerprint density at radius 2 is 2.10 bits per heavy atom. The zero-order chi connectivity index (χ0) is 14.5. The second kappa shape index (κ2) is 6.86. The van der Waals surface area contributed by atoms with Crippen LogP contribution in [0.4, 0.5) is 0 Å². The second-order valence-electron chi connectivity index (χ2n) is 5.73. The molecular formula is C16H24N2O2. The van der Waals surface area contributed by atoms with Crippen LogP contribution in [0, 0.1) is 5.92 Å². The van der Waals surface area contributed by atoms with E-state index in [9.17, 15) is 9.90 Å². The minimum atomic E-state index is -0.738. The molecule has 4 nitrogen and oxygen atoms in total. The average molecular weight is 276 g/mol. The van der Waals surface area contributed by atoms with Crippen LogP contribution in [0.15, 0.2) is 30.3 Å². The maximum Gasteiger partial charge on any atom is 0.223 e. The van der Waals surface area contributed by atoms with E-state index in [1.54, 1.807) is 0 Å². The Morgan fingerprint density at radius 1 is 1.40 bits per heavy atom. The summed E-state index contributed by atoms with van der Waals surface area (Å²) in [5.74, 6) is 0.373. The minimum Gasteiger partial charge on any atom is -0.388 e. The molecule has 0 spiro atoms. The molecule has 4 heteroatoms. The predicted octanol–water partition coefficient (Wildman–Crippen LogP) is 1.61. The number of carbonyl (C=O) groups excluding carboxylic acids is 1. The van der Waals surface area contributed by atoms with Crippen molar-refractivity contribution in [1.29, 1.82) is 0 Å². The highest BCUT2D eigenvalue weighted by Crippen LogP contribution is 2.19. The molecule has 1 aromatic rings. The Hall–Kier alpha value is -1.39. The summed E-state index contributed by atoms with van der Waals surface area (Å²) >= 11 is 0. The fourth-order valence-corrected chi connectivity index (χ4v) is 2.82. The number of aliphatic hydroxyl groups excluding tert-OH is 1. The lowest BCUT2D eigenvalue weighted by atomic mass is 9.89. The zero-order valence-electron chi connectivity index (χ0n) is 12.2. The van der Waals surface area contributed by atoms with E-state index in [2.05, 4.69) is 24.5 Å². The van der Waals surface area contributed by atoms with Gasteiger partial charge in [-0.1, -0.05) is 37.3 Å². The third kappa shape index (κ3) is 3.81. The Bertz CT molecular complexity index is 425. The van der Waals surface area contributed by atoms with Crippen molar-refractivity contribution < 1.29 is 9.90 Å². The van der Waals surface area contributed by atoms with E-state index in [1.165, 1.54) is 0 Å². The lowest BCUT2D eigenvalue weighted by Crippen LogP contribution is -2.56. The number of carbonyl (C=O) groups is 1. The average Bonchev–Trinajstić information content (AvgIpc) is 2.44. The zero-order valence-corrected chi connectivity index (χ0v) is 12.2. The Labute approximate surface area is 120 Å². The highest BCUT2D eigenvalue weighted by atomic mass is 16.3. The van der Waals surface area contributed by atoms with Gasteiger partial charge in [-0.15, -0.1) is 0 Å². The van der Waals surface area contributed by atoms with Gasteiger partial charge in [-0.25, -0.2) is 0 Å². The molecule has 2 rings (SSSR count). The van der Waals surface area contributed by atoms with Crippen molar-refractivity contribution in [3.63, 3.8) is 0 Å². The molecule has 0 aliphatic carbocycles. The van der Waals surface area contributed by atoms with Crippen LogP contribution >= 0.6 is 0 Å². The van der Waals surface area contributed by atoms with Gasteiger partial charge in [-0.05, 0) is 31.4 Å². The van der Waals surface area contributed by atoms with E-state index < -0.39 is 6.10 Å². The van der Waals surface area contributed by atoms with E-state index in [1.807, 2.05) is 30.3 Å². The summed E-state index contributed by atoms with van der Waals surface area (Å²) < 4.78 is 0. The molecule has 1 heterocycles. The van der Waals surface area contributed by atoms with E-state index in [0.29, 0.717) is 5.92 Å². The summed E-state index contributed by atoms with van der Waals surface area (Å²) in [6, 6.07) is 9.72. The van der Waals surface area contributed by atoms with Crippen LogP contribution in [0.1, 0.15) is 38.4 Å². The van der Waals surface area contributed by atoms with Crippen LogP contribution in [0.3, 0.4) is 0 Å². The van der Waals surface area contributed by atoms with Gasteiger partial charge in [0.2, 0.25) is 5.91 Å². The maximum atomic E-state index is 12.1. The minimum absolute atomic E-state index is 0.0891. The summed E-state index contributed by atoms with van der Waals surface area (Å²) in [6.45, 7) is 5.26. The number of hydrogen-bond donors (Lipinski definition) is 3. The molecule has 1 amide bonds. The van der Waals surface area contributed by atoms with E-state index >= 15 is 0 Å². The molecule has 110 valence electrons. The van der Waals surface area contributed by atoms with Crippen molar-refractivity contribution in [3.8, 4) is 0 Å². The largest absolute Gasteiger partial charge is 0.388 e. The fraction of sp³-hybridized carbons (Fsp3) is 0.562. The topological polar surface area (TPSA) is 61.4 Å². The Morgan fingerprint density at radius 3 is 2.75 bits per heavy atom. The molecule has 1 aromatic carbocycles. The molecule has 1 saturated heterocycles. The van der Waals surface area contributed by atoms with Crippen LogP contribution in [-0.2, 0) is 4.79 Å². The smallest absolute Gasteiger partial charge is 0.223 e. The number of nitrogens with one attached hydrogen (secondary N) is 2. The quantitative estimate of drug-likeness (QED) is 0.783. The molecule has 0 aromatic heterocycles. The number of rotatable bonds is 4. The molecule has 20 heavy (non-hydrogen) atoms. The Kier molecular flexibility index (Phi) is 5.15. The fourth-order valence-electron chi connectivity index (χ4n) is 2.82. The number of aliphatic hydroxyl groups is 1. The van der Waals surface area contributed by atoms with E-state index in [-0.39, 0.29) is 24.4 Å². The molecule has 3 N–H and O–H groups in total. The molecule has 0 saturated carbocycles. The third-order valence-electron chi connectivity index (χ3n) is 4.11. The van der Waals surface area contributed by atoms with Crippen molar-refractivity contribution in [2.45, 2.75) is 44.9 Å². The van der Waals surface area contributed by atoms with Gasteiger partial charge in [-0.2, -0.15) is 0 Å². The third-order valence-corrected chi connectivity index (χ3v) is 4.11. The van der Waals surface area contributed by atoms with Crippen molar-refractivity contribution >= 4 is 5.91 Å². The molecule has 1 fully saturated rings. The molecule has 1 aliphatic heterocycles. The van der Waals surface area contributed by atoms with Gasteiger partial charge >= 0.3 is 0 Å². The lowest BCUT2D eigenvalue weighted by molar-refractivity contribution is -0.124. The van der Waals surface area contributed by atoms with E-state index in [4.69, 9.17) is 0 Å². The first-order chi connectivity index (χ1) is 9.58. The number of piperidine rings is 1. The van der Waals surface area contributed by atoms with Gasteiger partial charge < -0.3 is 15.7 Å². The van der Waals surface area contributed by atoms with Gasteiger partial charge in [0, 0.05) is 12.1 Å². The summed E-state index contributed by atoms with van der Waals surface area (Å²) in [6.07, 6.45) is 0.439. The number of hydrogen-bond acceptors (Lipinski definition) is 3. The summed E-state index contributed by atoms with van der Waals surface area (Å²) in [4.78, 5) is 12.1. The van der Waals surface area contributed by atoms with Crippen molar-refractivity contribution in [1.82, 2.24) is 10.6 Å². The molecular weight excluding hydrogens is 252 g/mol. The normalized spacial score (nSPS) is 27.9. The van der Waals surface area contributed by atoms with Crippen LogP contribution in [-0.4, -0.2) is 29.6 Å². The first-order valence-electron chi connectivity index (χ1n) is 7.33. The monoisotopic (exact) mass is 276 g/mol. The molecule has 0 unspecified atom stereocenters. The molecule has 0 radical (unpaired) electrons. The second-order valence-corrected chi connectivity index (χ2v) is 5.73. The van der Waals surface area contributed by atoms with Crippen molar-refractivity contribution in [2.24, 2.45) is 5.92 Å². The number of benzene rings is 1. The van der Waals surface area contributed by atoms with Gasteiger partial charge in [0.25, 0.3) is 0 Å². The highest BCUT2D eigenvalue weighted by molar-refractivity contribution is 5.77. The van der Waals surface area contributed by atoms with E-state index in [0.717, 1.165) is 18.5 Å². The highest BCUT2D eigenvalue weighted by Gasteiger charge is 2.29. The SMILES string of the molecule is C[C@@H]1CCN[C@H](C)[C@H]1NC(=O)C[C@H](O)c1ccccc1. The van der Waals surface area contributed by atoms with Crippen molar-refractivity contribution in [3.05, 3.63) is 35.9 Å². The summed E-state index contributed by atoms with van der Waals surface area (Å²) in [7, 11) is 0. The Balaban J connectivity index is 1.89. The van der Waals surface area contributed by atoms with Crippen LogP contribution in [0.25, 0.3) is 0 Å². The van der Waals surface area contributed by atoms with Gasteiger partial charge in [0.05, 0.1) is 12.5 Å². The van der Waals surface area contributed by atoms with Gasteiger partial charge in [-0.3, -0.25) is 4.79 Å². The van der Waals surface area contributed by atoms with Crippen LogP contribution < -0.4 is 10.6 Å². The molecule has 4 atom stereocenters. The van der Waals surface area contributed by atoms with Crippen LogP contribution in [0.5, 0.6) is 0 Å². The number of amides is 1. The first-order valence-corrected chi connectivity index (χ1v) is 7.33.